The minimum Gasteiger partial charge on any atom is -0.441 e. The first-order valence-electron chi connectivity index (χ1n) is 9.60. The van der Waals surface area contributed by atoms with Crippen LogP contribution in [0.25, 0.3) is 0 Å². The van der Waals surface area contributed by atoms with Crippen molar-refractivity contribution in [2.75, 3.05) is 0 Å². The van der Waals surface area contributed by atoms with Crippen LogP contribution in [0.1, 0.15) is 47.1 Å². The predicted octanol–water partition coefficient (Wildman–Crippen LogP) is 3.68. The smallest absolute Gasteiger partial charge is 0.417 e. The lowest BCUT2D eigenvalue weighted by atomic mass is 9.87. The van der Waals surface area contributed by atoms with Crippen molar-refractivity contribution in [3.63, 3.8) is 0 Å². The molecule has 0 aliphatic carbocycles. The van der Waals surface area contributed by atoms with Gasteiger partial charge in [0, 0.05) is 0 Å². The van der Waals surface area contributed by atoms with Crippen LogP contribution < -0.4 is 0 Å². The first-order valence-corrected chi connectivity index (χ1v) is 9.60. The molecule has 0 unspecified atom stereocenters. The number of benzene rings is 1. The van der Waals surface area contributed by atoms with E-state index < -0.39 is 35.3 Å². The van der Waals surface area contributed by atoms with Crippen LogP contribution in [-0.4, -0.2) is 45.4 Å². The van der Waals surface area contributed by atoms with Crippen molar-refractivity contribution < 1.29 is 24.2 Å². The number of allylic oxidation sites excluding steroid dienone is 1. The van der Waals surface area contributed by atoms with Gasteiger partial charge < -0.3 is 14.6 Å². The molecule has 2 amide bonds. The number of nitrogens with zero attached hydrogens (tertiary/aromatic N) is 1. The van der Waals surface area contributed by atoms with Crippen LogP contribution in [0, 0.1) is 5.92 Å². The average molecular weight is 389 g/mol. The number of amides is 2. The van der Waals surface area contributed by atoms with E-state index in [1.165, 1.54) is 13.0 Å². The van der Waals surface area contributed by atoms with Crippen molar-refractivity contribution >= 4 is 12.0 Å². The Labute approximate surface area is 167 Å². The Morgan fingerprint density at radius 2 is 1.96 bits per heavy atom. The molecule has 1 aliphatic heterocycles. The van der Waals surface area contributed by atoms with Gasteiger partial charge in [0.15, 0.2) is 5.60 Å². The molecule has 1 aromatic rings. The molecule has 0 spiro atoms. The Hall–Kier alpha value is -2.18. The summed E-state index contributed by atoms with van der Waals surface area (Å²) in [4.78, 5) is 27.2. The first kappa shape index (κ1) is 22.1. The lowest BCUT2D eigenvalue weighted by molar-refractivity contribution is -0.169. The highest BCUT2D eigenvalue weighted by molar-refractivity contribution is 5.99. The maximum Gasteiger partial charge on any atom is 0.417 e. The number of hydrogen-bond donors (Lipinski definition) is 1. The molecule has 1 fully saturated rings. The van der Waals surface area contributed by atoms with Gasteiger partial charge in [-0.15, -0.1) is 0 Å². The van der Waals surface area contributed by atoms with E-state index in [-0.39, 0.29) is 12.5 Å². The fourth-order valence-electron chi connectivity index (χ4n) is 3.76. The maximum absolute atomic E-state index is 13.5. The van der Waals surface area contributed by atoms with E-state index in [9.17, 15) is 14.7 Å². The van der Waals surface area contributed by atoms with Crippen LogP contribution in [0.5, 0.6) is 0 Å². The number of cyclic esters (lactones) is 1. The summed E-state index contributed by atoms with van der Waals surface area (Å²) in [5.74, 6) is -0.633. The number of ether oxygens (including phenoxy) is 2. The molecule has 6 heteroatoms. The third-order valence-electron chi connectivity index (χ3n) is 5.13. The van der Waals surface area contributed by atoms with E-state index in [1.807, 2.05) is 44.2 Å². The topological polar surface area (TPSA) is 76.1 Å². The zero-order valence-electron chi connectivity index (χ0n) is 17.5. The number of hydrogen-bond acceptors (Lipinski definition) is 5. The number of carbonyl (C=O) groups is 2. The summed E-state index contributed by atoms with van der Waals surface area (Å²) in [6, 6.07) is 8.90. The molecule has 1 heterocycles. The highest BCUT2D eigenvalue weighted by Gasteiger charge is 2.57. The van der Waals surface area contributed by atoms with Crippen molar-refractivity contribution in [1.29, 1.82) is 0 Å². The lowest BCUT2D eigenvalue weighted by Crippen LogP contribution is -2.59. The first-order chi connectivity index (χ1) is 13.0. The van der Waals surface area contributed by atoms with Crippen molar-refractivity contribution in [3.8, 4) is 0 Å². The second-order valence-corrected chi connectivity index (χ2v) is 8.19. The van der Waals surface area contributed by atoms with Gasteiger partial charge >= 0.3 is 6.09 Å². The Balaban J connectivity index is 2.39. The van der Waals surface area contributed by atoms with Crippen molar-refractivity contribution in [2.24, 2.45) is 5.92 Å². The predicted molar refractivity (Wildman–Crippen MR) is 106 cm³/mol. The number of aliphatic hydroxyl groups is 1. The molecule has 1 N–H and O–H groups in total. The standard InChI is InChI=1S/C22H31NO5/c1-7-11-17(24)22(6,27-14-16-12-9-8-10-13-16)19(25)23-18(15(2)3)21(4,5)28-20(23)26/h7-13,15,17-18,24H,14H2,1-6H3/b11-7-/t17-,18-,22-/m0/s1. The van der Waals surface area contributed by atoms with Crippen molar-refractivity contribution in [3.05, 3.63) is 48.0 Å². The fourth-order valence-corrected chi connectivity index (χ4v) is 3.76. The molecule has 3 atom stereocenters. The summed E-state index contributed by atoms with van der Waals surface area (Å²) < 4.78 is 11.4. The van der Waals surface area contributed by atoms with E-state index in [2.05, 4.69) is 0 Å². The average Bonchev–Trinajstić information content (AvgIpc) is 2.88. The highest BCUT2D eigenvalue weighted by atomic mass is 16.6. The Kier molecular flexibility index (Phi) is 6.67. The molecule has 2 rings (SSSR count). The molecule has 0 radical (unpaired) electrons. The fraction of sp³-hybridized carbons (Fsp3) is 0.545. The van der Waals surface area contributed by atoms with Crippen LogP contribution in [0.15, 0.2) is 42.5 Å². The van der Waals surface area contributed by atoms with Crippen LogP contribution in [0.4, 0.5) is 4.79 Å². The van der Waals surface area contributed by atoms with E-state index in [0.29, 0.717) is 0 Å². The van der Waals surface area contributed by atoms with Gasteiger partial charge in [0.25, 0.3) is 5.91 Å². The normalized spacial score (nSPS) is 22.4. The molecule has 1 saturated heterocycles. The van der Waals surface area contributed by atoms with Crippen molar-refractivity contribution in [2.45, 2.75) is 71.5 Å². The van der Waals surface area contributed by atoms with Gasteiger partial charge in [0.1, 0.15) is 11.7 Å². The zero-order chi connectivity index (χ0) is 21.1. The number of aliphatic hydroxyl groups excluding tert-OH is 1. The highest BCUT2D eigenvalue weighted by Crippen LogP contribution is 2.37. The summed E-state index contributed by atoms with van der Waals surface area (Å²) in [6.07, 6.45) is 1.20. The second kappa shape index (κ2) is 8.45. The quantitative estimate of drug-likeness (QED) is 0.720. The second-order valence-electron chi connectivity index (χ2n) is 8.19. The molecular formula is C22H31NO5. The van der Waals surface area contributed by atoms with E-state index >= 15 is 0 Å². The van der Waals surface area contributed by atoms with E-state index in [1.54, 1.807) is 26.8 Å². The van der Waals surface area contributed by atoms with Gasteiger partial charge in [-0.3, -0.25) is 4.79 Å². The van der Waals surface area contributed by atoms with Crippen LogP contribution in [0.2, 0.25) is 0 Å². The maximum atomic E-state index is 13.5. The van der Waals surface area contributed by atoms with Crippen LogP contribution in [-0.2, 0) is 20.9 Å². The van der Waals surface area contributed by atoms with Crippen LogP contribution in [0.3, 0.4) is 0 Å². The van der Waals surface area contributed by atoms with E-state index in [4.69, 9.17) is 9.47 Å². The number of carbonyl (C=O) groups excluding carboxylic acids is 2. The molecule has 0 bridgehead atoms. The third-order valence-corrected chi connectivity index (χ3v) is 5.13. The van der Waals surface area contributed by atoms with Gasteiger partial charge in [-0.05, 0) is 39.2 Å². The summed E-state index contributed by atoms with van der Waals surface area (Å²) in [5, 5.41) is 10.7. The van der Waals surface area contributed by atoms with Gasteiger partial charge in [-0.2, -0.15) is 0 Å². The summed E-state index contributed by atoms with van der Waals surface area (Å²) in [7, 11) is 0. The summed E-state index contributed by atoms with van der Waals surface area (Å²) in [6.45, 7) is 10.8. The third kappa shape index (κ3) is 4.28. The number of rotatable bonds is 7. The molecule has 1 aromatic carbocycles. The Bertz CT molecular complexity index is 728. The largest absolute Gasteiger partial charge is 0.441 e. The van der Waals surface area contributed by atoms with Gasteiger partial charge in [-0.25, -0.2) is 9.69 Å². The number of imide groups is 1. The lowest BCUT2D eigenvalue weighted by Gasteiger charge is -2.38. The Morgan fingerprint density at radius 3 is 2.50 bits per heavy atom. The molecule has 0 saturated carbocycles. The molecule has 0 aromatic heterocycles. The monoisotopic (exact) mass is 389 g/mol. The van der Waals surface area contributed by atoms with Crippen molar-refractivity contribution in [1.82, 2.24) is 4.90 Å². The molecule has 154 valence electrons. The zero-order valence-corrected chi connectivity index (χ0v) is 17.5. The Morgan fingerprint density at radius 1 is 1.36 bits per heavy atom. The van der Waals surface area contributed by atoms with Gasteiger partial charge in [0.2, 0.25) is 0 Å². The minimum atomic E-state index is -1.64. The van der Waals surface area contributed by atoms with E-state index in [0.717, 1.165) is 10.5 Å². The summed E-state index contributed by atoms with van der Waals surface area (Å²) >= 11 is 0. The summed E-state index contributed by atoms with van der Waals surface area (Å²) in [5.41, 5.74) is -1.61. The molecular weight excluding hydrogens is 358 g/mol. The van der Waals surface area contributed by atoms with Gasteiger partial charge in [-0.1, -0.05) is 56.3 Å². The van der Waals surface area contributed by atoms with Gasteiger partial charge in [0.05, 0.1) is 12.6 Å². The van der Waals surface area contributed by atoms with Crippen LogP contribution >= 0.6 is 0 Å². The molecule has 1 aliphatic rings. The molecule has 6 nitrogen and oxygen atoms in total. The SMILES string of the molecule is C/C=C\[C@H](O)[C@](C)(OCc1ccccc1)C(=O)N1C(=O)OC(C)(C)[C@@H]1C(C)C. The molecule has 28 heavy (non-hydrogen) atoms. The minimum absolute atomic E-state index is 0.0253.